The maximum atomic E-state index is 12.9. The van der Waals surface area contributed by atoms with Gasteiger partial charge >= 0.3 is 0 Å². The van der Waals surface area contributed by atoms with Gasteiger partial charge in [0.25, 0.3) is 5.56 Å². The summed E-state index contributed by atoms with van der Waals surface area (Å²) in [4.78, 5) is 33.5. The van der Waals surface area contributed by atoms with Gasteiger partial charge in [-0.2, -0.15) is 0 Å². The zero-order valence-corrected chi connectivity index (χ0v) is 17.8. The lowest BCUT2D eigenvalue weighted by atomic mass is 10.1. The highest BCUT2D eigenvalue weighted by atomic mass is 16.2. The van der Waals surface area contributed by atoms with Crippen LogP contribution in [0.4, 0.5) is 0 Å². The smallest absolute Gasteiger partial charge is 0.277 e. The van der Waals surface area contributed by atoms with Crippen molar-refractivity contribution >= 4 is 27.8 Å². The molecular formula is C25H22N6O2. The maximum Gasteiger partial charge on any atom is 0.277 e. The Labute approximate surface area is 189 Å². The summed E-state index contributed by atoms with van der Waals surface area (Å²) in [7, 11) is 0. The highest BCUT2D eigenvalue weighted by Crippen LogP contribution is 2.20. The van der Waals surface area contributed by atoms with Crippen molar-refractivity contribution in [2.24, 2.45) is 0 Å². The van der Waals surface area contributed by atoms with Gasteiger partial charge in [0.2, 0.25) is 5.91 Å². The molecule has 1 unspecified atom stereocenters. The van der Waals surface area contributed by atoms with E-state index in [1.807, 2.05) is 54.6 Å². The molecule has 2 N–H and O–H groups in total. The predicted molar refractivity (Wildman–Crippen MR) is 126 cm³/mol. The van der Waals surface area contributed by atoms with Gasteiger partial charge < -0.3 is 10.3 Å². The second kappa shape index (κ2) is 9.04. The molecule has 5 rings (SSSR count). The number of hydrogen-bond acceptors (Lipinski definition) is 5. The van der Waals surface area contributed by atoms with Crippen molar-refractivity contribution < 1.29 is 4.79 Å². The molecule has 8 nitrogen and oxygen atoms in total. The molecule has 1 amide bonds. The van der Waals surface area contributed by atoms with E-state index >= 15 is 0 Å². The first-order valence-electron chi connectivity index (χ1n) is 10.8. The van der Waals surface area contributed by atoms with Gasteiger partial charge in [0.1, 0.15) is 11.3 Å². The lowest BCUT2D eigenvalue weighted by molar-refractivity contribution is -0.122. The van der Waals surface area contributed by atoms with E-state index in [9.17, 15) is 9.59 Å². The average molecular weight is 438 g/mol. The fraction of sp³-hybridized carbons (Fsp3) is 0.160. The number of aryl methyl sites for hydroxylation is 1. The second-order valence-corrected chi connectivity index (χ2v) is 7.83. The van der Waals surface area contributed by atoms with E-state index in [1.54, 1.807) is 24.3 Å². The number of nitrogens with one attached hydrogen (secondary N) is 2. The van der Waals surface area contributed by atoms with Crippen molar-refractivity contribution in [1.29, 1.82) is 0 Å². The minimum absolute atomic E-state index is 0.0957. The third kappa shape index (κ3) is 4.50. The minimum atomic E-state index is -0.341. The van der Waals surface area contributed by atoms with Crippen LogP contribution in [0.1, 0.15) is 23.9 Å². The second-order valence-electron chi connectivity index (χ2n) is 7.83. The number of hydrogen-bond donors (Lipinski definition) is 2. The van der Waals surface area contributed by atoms with Gasteiger partial charge in [0, 0.05) is 6.42 Å². The Morgan fingerprint density at radius 2 is 1.67 bits per heavy atom. The molecule has 0 spiro atoms. The Morgan fingerprint density at radius 3 is 2.48 bits per heavy atom. The molecule has 0 aliphatic rings. The molecule has 0 aliphatic heterocycles. The lowest BCUT2D eigenvalue weighted by Crippen LogP contribution is -2.33. The molecule has 164 valence electrons. The monoisotopic (exact) mass is 438 g/mol. The van der Waals surface area contributed by atoms with Crippen LogP contribution in [0, 0.1) is 0 Å². The van der Waals surface area contributed by atoms with Crippen LogP contribution in [0.3, 0.4) is 0 Å². The van der Waals surface area contributed by atoms with E-state index in [2.05, 4.69) is 25.6 Å². The van der Waals surface area contributed by atoms with E-state index in [-0.39, 0.29) is 30.5 Å². The molecule has 5 aromatic rings. The maximum absolute atomic E-state index is 12.9. The van der Waals surface area contributed by atoms with Crippen molar-refractivity contribution in [3.8, 4) is 0 Å². The van der Waals surface area contributed by atoms with Crippen molar-refractivity contribution in [3.63, 3.8) is 0 Å². The SMILES string of the molecule is O=C(CCn1nnc2ccccc2c1=O)NC(Cc1ccccc1)c1nc2ccccc2[nH]1. The Kier molecular flexibility index (Phi) is 5.63. The summed E-state index contributed by atoms with van der Waals surface area (Å²) in [6.45, 7) is 0.140. The van der Waals surface area contributed by atoms with E-state index in [1.165, 1.54) is 4.68 Å². The summed E-state index contributed by atoms with van der Waals surface area (Å²) < 4.78 is 1.23. The van der Waals surface area contributed by atoms with Gasteiger partial charge in [-0.05, 0) is 36.2 Å². The summed E-state index contributed by atoms with van der Waals surface area (Å²) in [5.74, 6) is 0.495. The van der Waals surface area contributed by atoms with Crippen LogP contribution < -0.4 is 10.9 Å². The van der Waals surface area contributed by atoms with Crippen molar-refractivity contribution in [2.75, 3.05) is 0 Å². The number of carbonyl (C=O) groups excluding carboxylic acids is 1. The number of para-hydroxylation sites is 2. The molecule has 2 aromatic heterocycles. The normalized spacial score (nSPS) is 12.1. The first kappa shape index (κ1) is 20.6. The Bertz CT molecular complexity index is 1440. The summed E-state index contributed by atoms with van der Waals surface area (Å²) in [5.41, 5.74) is 3.12. The van der Waals surface area contributed by atoms with Crippen molar-refractivity contribution in [2.45, 2.75) is 25.4 Å². The fourth-order valence-corrected chi connectivity index (χ4v) is 3.85. The van der Waals surface area contributed by atoms with Crippen LogP contribution in [0.15, 0.2) is 83.7 Å². The number of amides is 1. The summed E-state index contributed by atoms with van der Waals surface area (Å²) in [6.07, 6.45) is 0.681. The molecular weight excluding hydrogens is 416 g/mol. The highest BCUT2D eigenvalue weighted by Gasteiger charge is 2.19. The number of aromatic amines is 1. The van der Waals surface area contributed by atoms with E-state index < -0.39 is 0 Å². The molecule has 8 heteroatoms. The molecule has 33 heavy (non-hydrogen) atoms. The molecule has 0 radical (unpaired) electrons. The number of carbonyl (C=O) groups is 1. The van der Waals surface area contributed by atoms with Crippen LogP contribution in [-0.4, -0.2) is 30.9 Å². The number of benzene rings is 3. The largest absolute Gasteiger partial charge is 0.346 e. The zero-order valence-electron chi connectivity index (χ0n) is 17.8. The first-order chi connectivity index (χ1) is 16.2. The van der Waals surface area contributed by atoms with Crippen molar-refractivity contribution in [1.82, 2.24) is 30.3 Å². The predicted octanol–water partition coefficient (Wildman–Crippen LogP) is 3.16. The van der Waals surface area contributed by atoms with Crippen LogP contribution in [0.5, 0.6) is 0 Å². The summed E-state index contributed by atoms with van der Waals surface area (Å²) in [5, 5.41) is 11.6. The third-order valence-electron chi connectivity index (χ3n) is 5.54. The Morgan fingerprint density at radius 1 is 0.939 bits per heavy atom. The number of rotatable bonds is 7. The topological polar surface area (TPSA) is 106 Å². The first-order valence-corrected chi connectivity index (χ1v) is 10.8. The Balaban J connectivity index is 1.34. The summed E-state index contributed by atoms with van der Waals surface area (Å²) in [6, 6.07) is 24.4. The molecule has 0 fully saturated rings. The average Bonchev–Trinajstić information content (AvgIpc) is 3.28. The third-order valence-corrected chi connectivity index (χ3v) is 5.54. The van der Waals surface area contributed by atoms with Crippen molar-refractivity contribution in [3.05, 3.63) is 101 Å². The lowest BCUT2D eigenvalue weighted by Gasteiger charge is -2.17. The van der Waals surface area contributed by atoms with E-state index in [0.29, 0.717) is 23.1 Å². The van der Waals surface area contributed by atoms with Crippen LogP contribution in [-0.2, 0) is 17.8 Å². The molecule has 3 aromatic carbocycles. The van der Waals surface area contributed by atoms with Gasteiger partial charge in [-0.15, -0.1) is 5.10 Å². The number of H-pyrrole nitrogens is 1. The number of fused-ring (bicyclic) bond motifs is 2. The van der Waals surface area contributed by atoms with Crippen LogP contribution >= 0.6 is 0 Å². The molecule has 2 heterocycles. The molecule has 1 atom stereocenters. The van der Waals surface area contributed by atoms with E-state index in [0.717, 1.165) is 16.6 Å². The van der Waals surface area contributed by atoms with Crippen LogP contribution in [0.2, 0.25) is 0 Å². The van der Waals surface area contributed by atoms with Gasteiger partial charge in [-0.3, -0.25) is 9.59 Å². The molecule has 0 aliphatic carbocycles. The standard InChI is InChI=1S/C25H22N6O2/c32-23(14-15-31-25(33)18-10-4-5-11-19(18)29-30-31)26-22(16-17-8-2-1-3-9-17)24-27-20-12-6-7-13-21(20)28-24/h1-13,22H,14-16H2,(H,26,32)(H,27,28). The minimum Gasteiger partial charge on any atom is -0.346 e. The quantitative estimate of drug-likeness (QED) is 0.406. The summed E-state index contributed by atoms with van der Waals surface area (Å²) >= 11 is 0. The number of aromatic nitrogens is 5. The molecule has 0 bridgehead atoms. The van der Waals surface area contributed by atoms with Gasteiger partial charge in [0.05, 0.1) is 29.0 Å². The number of nitrogens with zero attached hydrogens (tertiary/aromatic N) is 4. The van der Waals surface area contributed by atoms with E-state index in [4.69, 9.17) is 0 Å². The molecule has 0 saturated carbocycles. The molecule has 0 saturated heterocycles. The highest BCUT2D eigenvalue weighted by molar-refractivity contribution is 5.78. The van der Waals surface area contributed by atoms with Gasteiger partial charge in [0.15, 0.2) is 0 Å². The zero-order chi connectivity index (χ0) is 22.6. The Hall–Kier alpha value is -4.33. The van der Waals surface area contributed by atoms with Gasteiger partial charge in [-0.1, -0.05) is 59.8 Å². The number of imidazole rings is 1. The van der Waals surface area contributed by atoms with Gasteiger partial charge in [-0.25, -0.2) is 9.67 Å². The van der Waals surface area contributed by atoms with Crippen LogP contribution in [0.25, 0.3) is 21.9 Å². The fourth-order valence-electron chi connectivity index (χ4n) is 3.85.